The molecule has 2 amide bonds. The predicted octanol–water partition coefficient (Wildman–Crippen LogP) is 5.19. The summed E-state index contributed by atoms with van der Waals surface area (Å²) in [6.45, 7) is 0. The number of nitrogens with zero attached hydrogens (tertiary/aromatic N) is 1. The predicted molar refractivity (Wildman–Crippen MR) is 93.7 cm³/mol. The molecule has 0 aliphatic heterocycles. The van der Waals surface area contributed by atoms with Gasteiger partial charge in [-0.25, -0.2) is 14.2 Å². The minimum Gasteiger partial charge on any atom is -0.308 e. The first-order valence-corrected chi connectivity index (χ1v) is 7.54. The summed E-state index contributed by atoms with van der Waals surface area (Å²) in [5, 5.41) is 5.42. The van der Waals surface area contributed by atoms with Crippen LogP contribution in [0.15, 0.2) is 66.9 Å². The second kappa shape index (κ2) is 7.10. The van der Waals surface area contributed by atoms with E-state index >= 15 is 0 Å². The molecule has 0 aliphatic rings. The molecule has 0 atom stereocenters. The van der Waals surface area contributed by atoms with Crippen molar-refractivity contribution in [2.45, 2.75) is 0 Å². The maximum absolute atomic E-state index is 13.2. The van der Waals surface area contributed by atoms with Gasteiger partial charge in [-0.15, -0.1) is 0 Å². The van der Waals surface area contributed by atoms with E-state index in [1.54, 1.807) is 48.7 Å². The topological polar surface area (TPSA) is 54.0 Å². The summed E-state index contributed by atoms with van der Waals surface area (Å²) in [4.78, 5) is 15.9. The molecule has 0 fully saturated rings. The number of nitrogens with one attached hydrogen (secondary N) is 2. The van der Waals surface area contributed by atoms with Crippen molar-refractivity contribution in [3.8, 4) is 11.1 Å². The fourth-order valence-corrected chi connectivity index (χ4v) is 2.32. The zero-order valence-corrected chi connectivity index (χ0v) is 13.2. The quantitative estimate of drug-likeness (QED) is 0.689. The highest BCUT2D eigenvalue weighted by molar-refractivity contribution is 6.31. The number of carbonyl (C=O) groups is 1. The third-order valence-electron chi connectivity index (χ3n) is 3.30. The molecule has 0 spiro atoms. The number of benzene rings is 2. The summed E-state index contributed by atoms with van der Waals surface area (Å²) in [5.74, 6) is 0.0115. The Hall–Kier alpha value is -2.92. The Bertz CT molecular complexity index is 854. The van der Waals surface area contributed by atoms with Crippen LogP contribution < -0.4 is 10.6 Å². The third-order valence-corrected chi connectivity index (χ3v) is 3.59. The molecule has 0 bridgehead atoms. The van der Waals surface area contributed by atoms with Crippen molar-refractivity contribution in [2.75, 3.05) is 10.6 Å². The fourth-order valence-electron chi connectivity index (χ4n) is 2.14. The molecular weight excluding hydrogens is 329 g/mol. The molecule has 6 heteroatoms. The summed E-state index contributed by atoms with van der Waals surface area (Å²) in [6, 6.07) is 16.5. The van der Waals surface area contributed by atoms with Crippen molar-refractivity contribution in [3.05, 3.63) is 77.7 Å². The van der Waals surface area contributed by atoms with Gasteiger partial charge in [-0.2, -0.15) is 0 Å². The summed E-state index contributed by atoms with van der Waals surface area (Å²) in [5.41, 5.74) is 2.29. The molecule has 0 unspecified atom stereocenters. The lowest BCUT2D eigenvalue weighted by atomic mass is 10.1. The van der Waals surface area contributed by atoms with Crippen LogP contribution in [0.2, 0.25) is 5.02 Å². The molecule has 0 aliphatic carbocycles. The van der Waals surface area contributed by atoms with Crippen LogP contribution in [0.1, 0.15) is 0 Å². The lowest BCUT2D eigenvalue weighted by Gasteiger charge is -2.08. The van der Waals surface area contributed by atoms with Crippen LogP contribution in [0.4, 0.5) is 20.7 Å². The molecule has 24 heavy (non-hydrogen) atoms. The van der Waals surface area contributed by atoms with Gasteiger partial charge in [0.25, 0.3) is 0 Å². The van der Waals surface area contributed by atoms with E-state index in [2.05, 4.69) is 15.6 Å². The van der Waals surface area contributed by atoms with Crippen LogP contribution >= 0.6 is 11.6 Å². The molecule has 2 aromatic carbocycles. The molecule has 2 N–H and O–H groups in total. The number of amides is 2. The minimum atomic E-state index is -0.454. The van der Waals surface area contributed by atoms with Gasteiger partial charge in [0.05, 0.1) is 5.02 Å². The molecular formula is C18H13ClFN3O. The van der Waals surface area contributed by atoms with Crippen LogP contribution in [0.25, 0.3) is 11.1 Å². The second-order valence-electron chi connectivity index (χ2n) is 5.00. The second-order valence-corrected chi connectivity index (χ2v) is 5.41. The Morgan fingerprint density at radius 1 is 0.958 bits per heavy atom. The SMILES string of the molecule is O=C(Nc1ccc(-c2ccc(F)c(Cl)c2)cc1)Nc1ccccn1. The molecule has 1 aromatic heterocycles. The molecule has 120 valence electrons. The zero-order chi connectivity index (χ0) is 16.9. The number of urea groups is 1. The number of hydrogen-bond acceptors (Lipinski definition) is 2. The van der Waals surface area contributed by atoms with Gasteiger partial charge in [0.2, 0.25) is 0 Å². The molecule has 3 aromatic rings. The fraction of sp³-hybridized carbons (Fsp3) is 0. The number of anilines is 2. The lowest BCUT2D eigenvalue weighted by Crippen LogP contribution is -2.19. The summed E-state index contributed by atoms with van der Waals surface area (Å²) in [6.07, 6.45) is 1.60. The van der Waals surface area contributed by atoms with Gasteiger partial charge in [0, 0.05) is 11.9 Å². The van der Waals surface area contributed by atoms with Crippen LogP contribution in [0.3, 0.4) is 0 Å². The minimum absolute atomic E-state index is 0.0736. The van der Waals surface area contributed by atoms with E-state index < -0.39 is 5.82 Å². The smallest absolute Gasteiger partial charge is 0.308 e. The van der Waals surface area contributed by atoms with Crippen LogP contribution in [0.5, 0.6) is 0 Å². The molecule has 0 saturated carbocycles. The van der Waals surface area contributed by atoms with Crippen molar-refractivity contribution in [1.29, 1.82) is 0 Å². The van der Waals surface area contributed by atoms with E-state index in [1.807, 2.05) is 12.1 Å². The molecule has 0 radical (unpaired) electrons. The molecule has 4 nitrogen and oxygen atoms in total. The van der Waals surface area contributed by atoms with E-state index in [-0.39, 0.29) is 11.1 Å². The lowest BCUT2D eigenvalue weighted by molar-refractivity contribution is 0.262. The Balaban J connectivity index is 1.68. The Morgan fingerprint density at radius 3 is 2.38 bits per heavy atom. The number of pyridine rings is 1. The zero-order valence-electron chi connectivity index (χ0n) is 12.5. The van der Waals surface area contributed by atoms with Gasteiger partial charge in [-0.1, -0.05) is 35.9 Å². The summed E-state index contributed by atoms with van der Waals surface area (Å²) in [7, 11) is 0. The molecule has 3 rings (SSSR count). The Kier molecular flexibility index (Phi) is 4.72. The average Bonchev–Trinajstić information content (AvgIpc) is 2.59. The highest BCUT2D eigenvalue weighted by Crippen LogP contribution is 2.26. The first-order chi connectivity index (χ1) is 11.6. The van der Waals surface area contributed by atoms with Crippen LogP contribution in [-0.4, -0.2) is 11.0 Å². The van der Waals surface area contributed by atoms with E-state index in [9.17, 15) is 9.18 Å². The maximum Gasteiger partial charge on any atom is 0.324 e. The average molecular weight is 342 g/mol. The van der Waals surface area contributed by atoms with Crippen molar-refractivity contribution < 1.29 is 9.18 Å². The first-order valence-electron chi connectivity index (χ1n) is 7.16. The number of rotatable bonds is 3. The van der Waals surface area contributed by atoms with Gasteiger partial charge in [-0.3, -0.25) is 5.32 Å². The first kappa shape index (κ1) is 16.0. The Labute approximate surface area is 143 Å². The van der Waals surface area contributed by atoms with Gasteiger partial charge < -0.3 is 5.32 Å². The number of carbonyl (C=O) groups excluding carboxylic acids is 1. The van der Waals surface area contributed by atoms with E-state index in [0.29, 0.717) is 11.5 Å². The number of hydrogen-bond donors (Lipinski definition) is 2. The standard InChI is InChI=1S/C18H13ClFN3O/c19-15-11-13(6-9-16(15)20)12-4-7-14(8-5-12)22-18(24)23-17-3-1-2-10-21-17/h1-11H,(H2,21,22,23,24). The Morgan fingerprint density at radius 2 is 1.71 bits per heavy atom. The van der Waals surface area contributed by atoms with Crippen molar-refractivity contribution in [1.82, 2.24) is 4.98 Å². The van der Waals surface area contributed by atoms with Crippen molar-refractivity contribution in [3.63, 3.8) is 0 Å². The highest BCUT2D eigenvalue weighted by Gasteiger charge is 2.05. The van der Waals surface area contributed by atoms with E-state index in [0.717, 1.165) is 11.1 Å². The van der Waals surface area contributed by atoms with E-state index in [4.69, 9.17) is 11.6 Å². The van der Waals surface area contributed by atoms with Crippen molar-refractivity contribution in [2.24, 2.45) is 0 Å². The monoisotopic (exact) mass is 341 g/mol. The third kappa shape index (κ3) is 3.88. The molecule has 0 saturated heterocycles. The molecule has 1 heterocycles. The highest BCUT2D eigenvalue weighted by atomic mass is 35.5. The van der Waals surface area contributed by atoms with Crippen LogP contribution in [0, 0.1) is 5.82 Å². The maximum atomic E-state index is 13.2. The number of aromatic nitrogens is 1. The van der Waals surface area contributed by atoms with E-state index in [1.165, 1.54) is 6.07 Å². The van der Waals surface area contributed by atoms with Gasteiger partial charge in [0.15, 0.2) is 0 Å². The summed E-state index contributed by atoms with van der Waals surface area (Å²) < 4.78 is 13.2. The van der Waals surface area contributed by atoms with Crippen molar-refractivity contribution >= 4 is 29.1 Å². The summed E-state index contributed by atoms with van der Waals surface area (Å²) >= 11 is 5.79. The largest absolute Gasteiger partial charge is 0.324 e. The van der Waals surface area contributed by atoms with Gasteiger partial charge in [0.1, 0.15) is 11.6 Å². The van der Waals surface area contributed by atoms with Crippen LogP contribution in [-0.2, 0) is 0 Å². The number of halogens is 2. The van der Waals surface area contributed by atoms with Gasteiger partial charge in [-0.05, 0) is 47.5 Å². The normalized spacial score (nSPS) is 10.2. The van der Waals surface area contributed by atoms with Gasteiger partial charge >= 0.3 is 6.03 Å².